The molecule has 7 heteroatoms. The summed E-state index contributed by atoms with van der Waals surface area (Å²) in [6.07, 6.45) is 7.80. The van der Waals surface area contributed by atoms with E-state index in [1.165, 1.54) is 18.1 Å². The van der Waals surface area contributed by atoms with Crippen LogP contribution in [-0.2, 0) is 21.6 Å². The first kappa shape index (κ1) is 22.8. The number of alkyl halides is 2. The molecule has 0 bridgehead atoms. The minimum absolute atomic E-state index is 0.0560. The van der Waals surface area contributed by atoms with E-state index in [2.05, 4.69) is 80.8 Å². The Hall–Kier alpha value is -0.950. The summed E-state index contributed by atoms with van der Waals surface area (Å²) in [5.41, 5.74) is 3.01. The van der Waals surface area contributed by atoms with Crippen LogP contribution in [0.1, 0.15) is 53.2 Å². The number of ketones is 1. The number of ether oxygens (including phenoxy) is 2. The van der Waals surface area contributed by atoms with Gasteiger partial charge in [0.05, 0.1) is 11.1 Å². The Morgan fingerprint density at radius 2 is 1.81 bits per heavy atom. The minimum atomic E-state index is -1.13. The second kappa shape index (κ2) is 8.37. The third-order valence-electron chi connectivity index (χ3n) is 6.14. The molecule has 164 valence electrons. The third-order valence-corrected chi connectivity index (χ3v) is 9.06. The van der Waals surface area contributed by atoms with Crippen LogP contribution in [0.15, 0.2) is 59.9 Å². The van der Waals surface area contributed by atoms with E-state index in [0.29, 0.717) is 17.1 Å². The van der Waals surface area contributed by atoms with Crippen molar-refractivity contribution < 1.29 is 19.1 Å². The summed E-state index contributed by atoms with van der Waals surface area (Å²) < 4.78 is 12.8. The molecule has 1 unspecified atom stereocenters. The van der Waals surface area contributed by atoms with Gasteiger partial charge >= 0.3 is 5.97 Å². The lowest BCUT2D eigenvalue weighted by Crippen LogP contribution is -2.41. The smallest absolute Gasteiger partial charge is 0.340 e. The van der Waals surface area contributed by atoms with Crippen LogP contribution in [0.3, 0.4) is 0 Å². The monoisotopic (exact) mass is 764 g/mol. The van der Waals surface area contributed by atoms with E-state index in [9.17, 15) is 9.59 Å². The number of unbranched alkanes of at least 4 members (excludes halogenated alkanes) is 2. The van der Waals surface area contributed by atoms with Crippen LogP contribution in [0.4, 0.5) is 0 Å². The van der Waals surface area contributed by atoms with Crippen molar-refractivity contribution >= 4 is 79.5 Å². The van der Waals surface area contributed by atoms with Gasteiger partial charge in [-0.2, -0.15) is 0 Å². The molecule has 0 radical (unpaired) electrons. The van der Waals surface area contributed by atoms with Gasteiger partial charge in [-0.1, -0.05) is 89.2 Å². The molecule has 1 aliphatic carbocycles. The largest absolute Gasteiger partial charge is 0.456 e. The van der Waals surface area contributed by atoms with Gasteiger partial charge in [0.2, 0.25) is 0 Å². The summed E-state index contributed by atoms with van der Waals surface area (Å²) in [4.78, 5) is 25.8. The second-order valence-corrected chi connectivity index (χ2v) is 14.7. The number of fused-ring (bicyclic) bond motifs is 6. The Morgan fingerprint density at radius 3 is 2.59 bits per heavy atom. The molecule has 5 rings (SSSR count). The van der Waals surface area contributed by atoms with Crippen molar-refractivity contribution in [2.24, 2.45) is 0 Å². The molecule has 2 aromatic rings. The molecular formula is C25H19I3O4. The van der Waals surface area contributed by atoms with E-state index in [4.69, 9.17) is 9.47 Å². The van der Waals surface area contributed by atoms with Gasteiger partial charge in [0, 0.05) is 20.8 Å². The third kappa shape index (κ3) is 3.40. The van der Waals surface area contributed by atoms with E-state index < -0.39 is 7.03 Å². The van der Waals surface area contributed by atoms with E-state index >= 15 is 0 Å². The van der Waals surface area contributed by atoms with Crippen LogP contribution >= 0.6 is 67.8 Å². The van der Waals surface area contributed by atoms with Crippen LogP contribution < -0.4 is 4.74 Å². The number of carbonyl (C=O) groups excluding carboxylic acids is 2. The van der Waals surface area contributed by atoms with Crippen LogP contribution in [-0.4, -0.2) is 13.2 Å². The summed E-state index contributed by atoms with van der Waals surface area (Å²) >= 11 is 6.64. The first-order valence-corrected chi connectivity index (χ1v) is 13.7. The summed E-state index contributed by atoms with van der Waals surface area (Å²) in [7, 11) is 0. The van der Waals surface area contributed by atoms with Crippen molar-refractivity contribution in [2.45, 2.75) is 39.6 Å². The zero-order chi connectivity index (χ0) is 22.7. The number of allylic oxidation sites excluding steroid dienone is 2. The maximum Gasteiger partial charge on any atom is 0.340 e. The molecule has 0 amide bonds. The SMILES string of the molecule is CCCCCc1ccc2c(c1I)C1(OC(=O)c3ccccc31)C1=CC(I)(I)C(=O)C=C1O2. The summed E-state index contributed by atoms with van der Waals surface area (Å²) in [5.74, 6) is 0.666. The fourth-order valence-electron chi connectivity index (χ4n) is 4.61. The minimum Gasteiger partial charge on any atom is -0.456 e. The highest BCUT2D eigenvalue weighted by molar-refractivity contribution is 14.2. The molecule has 0 N–H and O–H groups in total. The average Bonchev–Trinajstić information content (AvgIpc) is 3.05. The van der Waals surface area contributed by atoms with Crippen molar-refractivity contribution in [3.05, 3.63) is 85.7 Å². The van der Waals surface area contributed by atoms with Gasteiger partial charge < -0.3 is 9.47 Å². The Balaban J connectivity index is 1.81. The van der Waals surface area contributed by atoms with Crippen LogP contribution in [0, 0.1) is 3.57 Å². The van der Waals surface area contributed by atoms with Crippen molar-refractivity contribution in [3.63, 3.8) is 0 Å². The number of halogens is 3. The number of rotatable bonds is 4. The lowest BCUT2D eigenvalue weighted by molar-refractivity contribution is -0.113. The van der Waals surface area contributed by atoms with Crippen LogP contribution in [0.2, 0.25) is 0 Å². The highest BCUT2D eigenvalue weighted by Crippen LogP contribution is 2.58. The molecule has 1 spiro atoms. The Bertz CT molecular complexity index is 1230. The fourth-order valence-corrected chi connectivity index (χ4v) is 6.63. The number of benzene rings is 2. The average molecular weight is 764 g/mol. The zero-order valence-electron chi connectivity index (χ0n) is 17.2. The molecule has 0 fully saturated rings. The quantitative estimate of drug-likeness (QED) is 0.149. The van der Waals surface area contributed by atoms with E-state index in [1.54, 1.807) is 6.07 Å². The van der Waals surface area contributed by atoms with E-state index in [-0.39, 0.29) is 11.8 Å². The molecule has 32 heavy (non-hydrogen) atoms. The second-order valence-electron chi connectivity index (χ2n) is 8.14. The predicted molar refractivity (Wildman–Crippen MR) is 148 cm³/mol. The summed E-state index contributed by atoms with van der Waals surface area (Å²) in [6, 6.07) is 11.6. The van der Waals surface area contributed by atoms with Gasteiger partial charge in [-0.15, -0.1) is 0 Å². The molecule has 4 nitrogen and oxygen atoms in total. The number of aryl methyl sites for hydroxylation is 1. The molecule has 0 aromatic heterocycles. The lowest BCUT2D eigenvalue weighted by Gasteiger charge is -2.41. The topological polar surface area (TPSA) is 52.6 Å². The van der Waals surface area contributed by atoms with Crippen molar-refractivity contribution in [1.82, 2.24) is 0 Å². The lowest BCUT2D eigenvalue weighted by atomic mass is 9.74. The number of hydrogen-bond donors (Lipinski definition) is 0. The van der Waals surface area contributed by atoms with Crippen molar-refractivity contribution in [3.8, 4) is 5.75 Å². The maximum atomic E-state index is 13.1. The highest BCUT2D eigenvalue weighted by Gasteiger charge is 2.58. The molecule has 2 heterocycles. The first-order valence-electron chi connectivity index (χ1n) is 10.5. The summed E-state index contributed by atoms with van der Waals surface area (Å²) in [6.45, 7) is 2.20. The number of esters is 1. The molecule has 0 saturated heterocycles. The number of hydrogen-bond acceptors (Lipinski definition) is 4. The Kier molecular flexibility index (Phi) is 5.97. The van der Waals surface area contributed by atoms with E-state index in [0.717, 1.165) is 39.5 Å². The molecular weight excluding hydrogens is 745 g/mol. The molecule has 3 aliphatic rings. The van der Waals surface area contributed by atoms with Gasteiger partial charge in [-0.05, 0) is 59.2 Å². The highest BCUT2D eigenvalue weighted by atomic mass is 127. The molecule has 2 aliphatic heterocycles. The van der Waals surface area contributed by atoms with Crippen LogP contribution in [0.5, 0.6) is 5.75 Å². The molecule has 2 aromatic carbocycles. The number of carbonyl (C=O) groups is 2. The maximum absolute atomic E-state index is 13.1. The standard InChI is InChI=1S/C25H19I3O4/c1-2-3-4-7-14-10-11-18-21(22(14)26)25(16-9-6-5-8-15(16)23(30)32-25)17-13-24(27,28)20(29)12-19(17)31-18/h5-6,8-13H,2-4,7H2,1H3. The first-order chi connectivity index (χ1) is 15.3. The Labute approximate surface area is 227 Å². The van der Waals surface area contributed by atoms with Gasteiger partial charge in [-0.3, -0.25) is 4.79 Å². The normalized spacial score (nSPS) is 22.4. The molecule has 1 atom stereocenters. The molecule has 0 saturated carbocycles. The zero-order valence-corrected chi connectivity index (χ0v) is 23.7. The Morgan fingerprint density at radius 1 is 1.03 bits per heavy atom. The van der Waals surface area contributed by atoms with E-state index in [1.807, 2.05) is 30.3 Å². The fraction of sp³-hybridized carbons (Fsp3) is 0.280. The summed E-state index contributed by atoms with van der Waals surface area (Å²) in [5, 5.41) is 0. The predicted octanol–water partition coefficient (Wildman–Crippen LogP) is 6.79. The van der Waals surface area contributed by atoms with Gasteiger partial charge in [0.1, 0.15) is 11.5 Å². The van der Waals surface area contributed by atoms with Crippen LogP contribution in [0.25, 0.3) is 0 Å². The van der Waals surface area contributed by atoms with Gasteiger partial charge in [0.25, 0.3) is 0 Å². The van der Waals surface area contributed by atoms with Gasteiger partial charge in [-0.25, -0.2) is 4.79 Å². The van der Waals surface area contributed by atoms with Crippen molar-refractivity contribution in [2.75, 3.05) is 0 Å². The van der Waals surface area contributed by atoms with Gasteiger partial charge in [0.15, 0.2) is 12.8 Å². The van der Waals surface area contributed by atoms with Crippen molar-refractivity contribution in [1.29, 1.82) is 0 Å².